The maximum Gasteiger partial charge on any atom is 0.221 e. The molecule has 0 aromatic heterocycles. The number of carbonyl (C=O) groups is 1. The van der Waals surface area contributed by atoms with Gasteiger partial charge in [-0.1, -0.05) is 18.2 Å². The van der Waals surface area contributed by atoms with Gasteiger partial charge in [-0.25, -0.2) is 0 Å². The van der Waals surface area contributed by atoms with Gasteiger partial charge in [0.2, 0.25) is 5.91 Å². The summed E-state index contributed by atoms with van der Waals surface area (Å²) in [5.41, 5.74) is 6.30. The fourth-order valence-electron chi connectivity index (χ4n) is 1.27. The zero-order valence-corrected chi connectivity index (χ0v) is 10.5. The molecule has 1 amide bonds. The number of para-hydroxylation sites is 2. The average Bonchev–Trinajstić information content (AvgIpc) is 2.33. The SMILES string of the molecule is CC(=O)Nc1cccc(O)c1.Nc1ccccc1O. The second-order valence-corrected chi connectivity index (χ2v) is 3.79. The summed E-state index contributed by atoms with van der Waals surface area (Å²) in [6, 6.07) is 13.1. The van der Waals surface area contributed by atoms with Crippen LogP contribution in [0, 0.1) is 0 Å². The summed E-state index contributed by atoms with van der Waals surface area (Å²) in [5.74, 6) is 0.152. The van der Waals surface area contributed by atoms with Gasteiger partial charge < -0.3 is 21.3 Å². The van der Waals surface area contributed by atoms with Gasteiger partial charge in [0, 0.05) is 18.7 Å². The van der Waals surface area contributed by atoms with Crippen molar-refractivity contribution in [2.45, 2.75) is 6.92 Å². The van der Waals surface area contributed by atoms with Gasteiger partial charge in [-0.2, -0.15) is 0 Å². The number of benzene rings is 2. The first-order valence-corrected chi connectivity index (χ1v) is 5.59. The first kappa shape index (κ1) is 14.4. The first-order chi connectivity index (χ1) is 8.99. The summed E-state index contributed by atoms with van der Waals surface area (Å²) in [7, 11) is 0. The van der Waals surface area contributed by atoms with Gasteiger partial charge in [0.05, 0.1) is 5.69 Å². The Labute approximate surface area is 111 Å². The standard InChI is InChI=1S/C8H9NO2.C6H7NO/c1-6(10)9-7-3-2-4-8(11)5-7;7-5-3-1-2-4-6(5)8/h2-5,11H,1H3,(H,9,10);1-4,8H,7H2. The van der Waals surface area contributed by atoms with Crippen LogP contribution >= 0.6 is 0 Å². The number of hydrogen-bond donors (Lipinski definition) is 4. The largest absolute Gasteiger partial charge is 0.508 e. The molecule has 5 N–H and O–H groups in total. The van der Waals surface area contributed by atoms with Gasteiger partial charge in [-0.3, -0.25) is 4.79 Å². The summed E-state index contributed by atoms with van der Waals surface area (Å²) < 4.78 is 0. The lowest BCUT2D eigenvalue weighted by Gasteiger charge is -2.00. The van der Waals surface area contributed by atoms with E-state index in [1.54, 1.807) is 42.5 Å². The molecule has 0 bridgehead atoms. The Morgan fingerprint density at radius 2 is 1.79 bits per heavy atom. The van der Waals surface area contributed by atoms with Crippen LogP contribution in [0.15, 0.2) is 48.5 Å². The van der Waals surface area contributed by atoms with E-state index in [1.165, 1.54) is 13.0 Å². The highest BCUT2D eigenvalue weighted by Gasteiger charge is 1.94. The molecule has 5 nitrogen and oxygen atoms in total. The van der Waals surface area contributed by atoms with E-state index in [0.717, 1.165) is 0 Å². The molecule has 0 spiro atoms. The van der Waals surface area contributed by atoms with Crippen LogP contribution in [0.5, 0.6) is 11.5 Å². The first-order valence-electron chi connectivity index (χ1n) is 5.59. The van der Waals surface area contributed by atoms with Crippen molar-refractivity contribution in [3.05, 3.63) is 48.5 Å². The molecule has 0 aliphatic heterocycles. The molecular formula is C14H16N2O3. The van der Waals surface area contributed by atoms with Crippen LogP contribution < -0.4 is 11.1 Å². The van der Waals surface area contributed by atoms with E-state index < -0.39 is 0 Å². The van der Waals surface area contributed by atoms with Crippen LogP contribution in [0.4, 0.5) is 11.4 Å². The minimum Gasteiger partial charge on any atom is -0.508 e. The van der Waals surface area contributed by atoms with Crippen LogP contribution in [-0.2, 0) is 4.79 Å². The molecule has 2 aromatic rings. The maximum absolute atomic E-state index is 10.5. The van der Waals surface area contributed by atoms with Gasteiger partial charge in [0.25, 0.3) is 0 Å². The van der Waals surface area contributed by atoms with E-state index in [1.807, 2.05) is 0 Å². The third kappa shape index (κ3) is 5.45. The van der Waals surface area contributed by atoms with Gasteiger partial charge in [0.1, 0.15) is 11.5 Å². The number of rotatable bonds is 1. The highest BCUT2D eigenvalue weighted by molar-refractivity contribution is 5.88. The van der Waals surface area contributed by atoms with Crippen LogP contribution in [0.1, 0.15) is 6.92 Å². The molecule has 0 heterocycles. The number of phenols is 2. The lowest BCUT2D eigenvalue weighted by Crippen LogP contribution is -2.04. The molecule has 0 aliphatic rings. The molecule has 2 aromatic carbocycles. The average molecular weight is 260 g/mol. The van der Waals surface area contributed by atoms with Crippen LogP contribution in [0.3, 0.4) is 0 Å². The predicted molar refractivity (Wildman–Crippen MR) is 74.9 cm³/mol. The minimum atomic E-state index is -0.143. The fraction of sp³-hybridized carbons (Fsp3) is 0.0714. The van der Waals surface area contributed by atoms with E-state index in [-0.39, 0.29) is 17.4 Å². The number of aromatic hydroxyl groups is 2. The number of hydrogen-bond acceptors (Lipinski definition) is 4. The second-order valence-electron chi connectivity index (χ2n) is 3.79. The van der Waals surface area contributed by atoms with Gasteiger partial charge >= 0.3 is 0 Å². The van der Waals surface area contributed by atoms with Gasteiger partial charge in [-0.05, 0) is 24.3 Å². The summed E-state index contributed by atoms with van der Waals surface area (Å²) in [5, 5.41) is 20.3. The third-order valence-electron chi connectivity index (χ3n) is 2.10. The monoisotopic (exact) mass is 260 g/mol. The molecule has 5 heteroatoms. The summed E-state index contributed by atoms with van der Waals surface area (Å²) >= 11 is 0. The predicted octanol–water partition coefficient (Wildman–Crippen LogP) is 2.33. The Kier molecular flexibility index (Phi) is 5.22. The van der Waals surface area contributed by atoms with Crippen molar-refractivity contribution in [2.75, 3.05) is 11.1 Å². The van der Waals surface area contributed by atoms with Crippen molar-refractivity contribution in [2.24, 2.45) is 0 Å². The number of nitrogens with one attached hydrogen (secondary N) is 1. The van der Waals surface area contributed by atoms with E-state index in [9.17, 15) is 4.79 Å². The van der Waals surface area contributed by atoms with Crippen molar-refractivity contribution in [3.8, 4) is 11.5 Å². The number of nitrogens with two attached hydrogens (primary N) is 1. The molecule has 0 saturated carbocycles. The van der Waals surface area contributed by atoms with Gasteiger partial charge in [0.15, 0.2) is 0 Å². The lowest BCUT2D eigenvalue weighted by molar-refractivity contribution is -0.114. The van der Waals surface area contributed by atoms with Crippen molar-refractivity contribution in [1.29, 1.82) is 0 Å². The van der Waals surface area contributed by atoms with E-state index in [4.69, 9.17) is 15.9 Å². The van der Waals surface area contributed by atoms with Crippen molar-refractivity contribution in [1.82, 2.24) is 0 Å². The number of phenolic OH excluding ortho intramolecular Hbond substituents is 2. The lowest BCUT2D eigenvalue weighted by atomic mass is 10.3. The highest BCUT2D eigenvalue weighted by Crippen LogP contribution is 2.16. The fourth-order valence-corrected chi connectivity index (χ4v) is 1.27. The highest BCUT2D eigenvalue weighted by atomic mass is 16.3. The molecule has 19 heavy (non-hydrogen) atoms. The van der Waals surface area contributed by atoms with Crippen LogP contribution in [-0.4, -0.2) is 16.1 Å². The van der Waals surface area contributed by atoms with E-state index in [0.29, 0.717) is 11.4 Å². The smallest absolute Gasteiger partial charge is 0.221 e. The Bertz CT molecular complexity index is 535. The number of nitrogen functional groups attached to an aromatic ring is 1. The molecule has 0 saturated heterocycles. The molecule has 0 fully saturated rings. The van der Waals surface area contributed by atoms with Crippen molar-refractivity contribution in [3.63, 3.8) is 0 Å². The minimum absolute atomic E-state index is 0.143. The van der Waals surface area contributed by atoms with Crippen molar-refractivity contribution >= 4 is 17.3 Å². The number of amides is 1. The quantitative estimate of drug-likeness (QED) is 0.467. The normalized spacial score (nSPS) is 9.11. The zero-order valence-electron chi connectivity index (χ0n) is 10.5. The Morgan fingerprint density at radius 1 is 1.11 bits per heavy atom. The van der Waals surface area contributed by atoms with E-state index in [2.05, 4.69) is 5.32 Å². The molecule has 0 unspecified atom stereocenters. The van der Waals surface area contributed by atoms with Crippen LogP contribution in [0.25, 0.3) is 0 Å². The maximum atomic E-state index is 10.5. The number of carbonyl (C=O) groups excluding carboxylic acids is 1. The topological polar surface area (TPSA) is 95.6 Å². The molecule has 100 valence electrons. The second kappa shape index (κ2) is 6.90. The Balaban J connectivity index is 0.000000200. The van der Waals surface area contributed by atoms with Crippen molar-refractivity contribution < 1.29 is 15.0 Å². The summed E-state index contributed by atoms with van der Waals surface area (Å²) in [6.45, 7) is 1.42. The Morgan fingerprint density at radius 3 is 2.26 bits per heavy atom. The summed E-state index contributed by atoms with van der Waals surface area (Å²) in [6.07, 6.45) is 0. The van der Waals surface area contributed by atoms with E-state index >= 15 is 0 Å². The third-order valence-corrected chi connectivity index (χ3v) is 2.10. The number of anilines is 2. The molecular weight excluding hydrogens is 244 g/mol. The zero-order chi connectivity index (χ0) is 14.3. The van der Waals surface area contributed by atoms with Crippen LogP contribution in [0.2, 0.25) is 0 Å². The molecule has 0 atom stereocenters. The molecule has 0 aliphatic carbocycles. The summed E-state index contributed by atoms with van der Waals surface area (Å²) in [4.78, 5) is 10.5. The molecule has 0 radical (unpaired) electrons. The molecule has 2 rings (SSSR count). The Hall–Kier alpha value is -2.69. The van der Waals surface area contributed by atoms with Gasteiger partial charge in [-0.15, -0.1) is 0 Å².